The Balaban J connectivity index is 2.73. The zero-order valence-electron chi connectivity index (χ0n) is 7.13. The normalized spacial score (nSPS) is 12.9. The fourth-order valence-corrected chi connectivity index (χ4v) is 1.09. The molecule has 3 heteroatoms. The molecule has 0 aliphatic rings. The van der Waals surface area contributed by atoms with Gasteiger partial charge in [0, 0.05) is 6.04 Å². The zero-order chi connectivity index (χ0) is 8.97. The number of rotatable bonds is 3. The highest BCUT2D eigenvalue weighted by molar-refractivity contribution is 5.08. The van der Waals surface area contributed by atoms with Crippen LogP contribution in [0, 0.1) is 5.95 Å². The van der Waals surface area contributed by atoms with Crippen molar-refractivity contribution in [3.63, 3.8) is 0 Å². The maximum absolute atomic E-state index is 12.6. The average Bonchev–Trinajstić information content (AvgIpc) is 2.05. The molecular formula is C9H13FN2. The van der Waals surface area contributed by atoms with E-state index in [1.165, 1.54) is 6.07 Å². The van der Waals surface area contributed by atoms with Gasteiger partial charge < -0.3 is 5.73 Å². The molecule has 0 unspecified atom stereocenters. The molecule has 0 amide bonds. The third kappa shape index (κ3) is 2.27. The van der Waals surface area contributed by atoms with Crippen LogP contribution in [0.3, 0.4) is 0 Å². The lowest BCUT2D eigenvalue weighted by molar-refractivity contribution is 0.552. The molecule has 2 nitrogen and oxygen atoms in total. The molecule has 0 aliphatic heterocycles. The van der Waals surface area contributed by atoms with E-state index < -0.39 is 5.95 Å². The fourth-order valence-electron chi connectivity index (χ4n) is 1.09. The third-order valence-corrected chi connectivity index (χ3v) is 1.72. The van der Waals surface area contributed by atoms with Crippen molar-refractivity contribution in [2.24, 2.45) is 5.73 Å². The van der Waals surface area contributed by atoms with Crippen LogP contribution < -0.4 is 5.73 Å². The minimum Gasteiger partial charge on any atom is -0.323 e. The molecule has 1 aromatic heterocycles. The van der Waals surface area contributed by atoms with E-state index in [4.69, 9.17) is 5.73 Å². The summed E-state index contributed by atoms with van der Waals surface area (Å²) in [5.74, 6) is -0.459. The van der Waals surface area contributed by atoms with E-state index in [2.05, 4.69) is 4.98 Å². The van der Waals surface area contributed by atoms with E-state index >= 15 is 0 Å². The second kappa shape index (κ2) is 4.16. The molecule has 12 heavy (non-hydrogen) atoms. The van der Waals surface area contributed by atoms with Gasteiger partial charge in [0.25, 0.3) is 0 Å². The predicted molar refractivity (Wildman–Crippen MR) is 46.0 cm³/mol. The maximum atomic E-state index is 12.6. The summed E-state index contributed by atoms with van der Waals surface area (Å²) in [7, 11) is 0. The standard InChI is InChI=1S/C9H13FN2/c1-2-4-7(11)8-5-3-6-9(10)12-8/h3,5-7H,2,4,11H2,1H3/t7-/m0/s1. The van der Waals surface area contributed by atoms with E-state index in [1.54, 1.807) is 12.1 Å². The summed E-state index contributed by atoms with van der Waals surface area (Å²) >= 11 is 0. The quantitative estimate of drug-likeness (QED) is 0.701. The fraction of sp³-hybridized carbons (Fsp3) is 0.444. The molecule has 1 atom stereocenters. The van der Waals surface area contributed by atoms with Gasteiger partial charge in [-0.2, -0.15) is 4.39 Å². The maximum Gasteiger partial charge on any atom is 0.213 e. The Kier molecular flexibility index (Phi) is 3.17. The third-order valence-electron chi connectivity index (χ3n) is 1.72. The Hall–Kier alpha value is -0.960. The topological polar surface area (TPSA) is 38.9 Å². The van der Waals surface area contributed by atoms with Crippen molar-refractivity contribution >= 4 is 0 Å². The van der Waals surface area contributed by atoms with Crippen molar-refractivity contribution in [3.8, 4) is 0 Å². The van der Waals surface area contributed by atoms with Crippen molar-refractivity contribution in [1.29, 1.82) is 0 Å². The van der Waals surface area contributed by atoms with Crippen LogP contribution in [0.2, 0.25) is 0 Å². The second-order valence-electron chi connectivity index (χ2n) is 2.78. The van der Waals surface area contributed by atoms with Gasteiger partial charge in [0.05, 0.1) is 5.69 Å². The minimum absolute atomic E-state index is 0.134. The minimum atomic E-state index is -0.459. The monoisotopic (exact) mass is 168 g/mol. The van der Waals surface area contributed by atoms with Crippen LogP contribution in [0.1, 0.15) is 31.5 Å². The molecule has 0 fully saturated rings. The van der Waals surface area contributed by atoms with Crippen molar-refractivity contribution in [2.75, 3.05) is 0 Å². The first-order chi connectivity index (χ1) is 5.74. The first kappa shape index (κ1) is 9.13. The van der Waals surface area contributed by atoms with Gasteiger partial charge in [-0.1, -0.05) is 19.4 Å². The Morgan fingerprint density at radius 3 is 2.92 bits per heavy atom. The van der Waals surface area contributed by atoms with Gasteiger partial charge in [-0.05, 0) is 18.6 Å². The van der Waals surface area contributed by atoms with Gasteiger partial charge in [0.15, 0.2) is 0 Å². The summed E-state index contributed by atoms with van der Waals surface area (Å²) in [6.45, 7) is 2.04. The van der Waals surface area contributed by atoms with E-state index in [0.29, 0.717) is 5.69 Å². The summed E-state index contributed by atoms with van der Waals surface area (Å²) in [6, 6.07) is 4.57. The molecule has 0 spiro atoms. The van der Waals surface area contributed by atoms with E-state index in [9.17, 15) is 4.39 Å². The Morgan fingerprint density at radius 2 is 2.33 bits per heavy atom. The molecular weight excluding hydrogens is 155 g/mol. The Labute approximate surface area is 71.6 Å². The van der Waals surface area contributed by atoms with Crippen molar-refractivity contribution < 1.29 is 4.39 Å². The average molecular weight is 168 g/mol. The number of aromatic nitrogens is 1. The highest BCUT2D eigenvalue weighted by Crippen LogP contribution is 2.12. The predicted octanol–water partition coefficient (Wildman–Crippen LogP) is 2.02. The first-order valence-electron chi connectivity index (χ1n) is 4.12. The Morgan fingerprint density at radius 1 is 1.58 bits per heavy atom. The summed E-state index contributed by atoms with van der Waals surface area (Å²) in [5.41, 5.74) is 6.38. The molecule has 1 aromatic rings. The smallest absolute Gasteiger partial charge is 0.213 e. The highest BCUT2D eigenvalue weighted by atomic mass is 19.1. The van der Waals surface area contributed by atoms with E-state index in [0.717, 1.165) is 12.8 Å². The SMILES string of the molecule is CCC[C@H](N)c1cccc(F)n1. The summed E-state index contributed by atoms with van der Waals surface area (Å²) in [6.07, 6.45) is 1.83. The highest BCUT2D eigenvalue weighted by Gasteiger charge is 2.05. The number of nitrogens with zero attached hydrogens (tertiary/aromatic N) is 1. The lowest BCUT2D eigenvalue weighted by Crippen LogP contribution is -2.11. The summed E-state index contributed by atoms with van der Waals surface area (Å²) in [4.78, 5) is 3.70. The van der Waals surface area contributed by atoms with Crippen LogP contribution in [-0.4, -0.2) is 4.98 Å². The second-order valence-corrected chi connectivity index (χ2v) is 2.78. The van der Waals surface area contributed by atoms with Crippen LogP contribution in [0.4, 0.5) is 4.39 Å². The van der Waals surface area contributed by atoms with Gasteiger partial charge in [-0.15, -0.1) is 0 Å². The molecule has 0 aliphatic carbocycles. The van der Waals surface area contributed by atoms with E-state index in [1.807, 2.05) is 6.92 Å². The van der Waals surface area contributed by atoms with Crippen LogP contribution >= 0.6 is 0 Å². The van der Waals surface area contributed by atoms with E-state index in [-0.39, 0.29) is 6.04 Å². The molecule has 0 aromatic carbocycles. The van der Waals surface area contributed by atoms with Crippen LogP contribution in [0.15, 0.2) is 18.2 Å². The number of hydrogen-bond acceptors (Lipinski definition) is 2. The lowest BCUT2D eigenvalue weighted by atomic mass is 10.1. The molecule has 0 saturated carbocycles. The van der Waals surface area contributed by atoms with Gasteiger partial charge in [0.1, 0.15) is 0 Å². The summed E-state index contributed by atoms with van der Waals surface area (Å²) in [5, 5.41) is 0. The van der Waals surface area contributed by atoms with Crippen LogP contribution in [0.25, 0.3) is 0 Å². The van der Waals surface area contributed by atoms with Crippen LogP contribution in [-0.2, 0) is 0 Å². The summed E-state index contributed by atoms with van der Waals surface area (Å²) < 4.78 is 12.6. The number of hydrogen-bond donors (Lipinski definition) is 1. The molecule has 0 saturated heterocycles. The van der Waals surface area contributed by atoms with Gasteiger partial charge >= 0.3 is 0 Å². The first-order valence-corrected chi connectivity index (χ1v) is 4.12. The zero-order valence-corrected chi connectivity index (χ0v) is 7.13. The van der Waals surface area contributed by atoms with Gasteiger partial charge in [-0.25, -0.2) is 4.98 Å². The Bertz CT molecular complexity index is 250. The van der Waals surface area contributed by atoms with Crippen molar-refractivity contribution in [3.05, 3.63) is 29.8 Å². The number of halogens is 1. The molecule has 1 rings (SSSR count). The molecule has 66 valence electrons. The molecule has 0 bridgehead atoms. The van der Waals surface area contributed by atoms with Crippen molar-refractivity contribution in [1.82, 2.24) is 4.98 Å². The molecule has 0 radical (unpaired) electrons. The number of pyridine rings is 1. The van der Waals surface area contributed by atoms with Crippen LogP contribution in [0.5, 0.6) is 0 Å². The van der Waals surface area contributed by atoms with Gasteiger partial charge in [-0.3, -0.25) is 0 Å². The largest absolute Gasteiger partial charge is 0.323 e. The number of nitrogens with two attached hydrogens (primary N) is 1. The molecule has 1 heterocycles. The lowest BCUT2D eigenvalue weighted by Gasteiger charge is -2.08. The molecule has 2 N–H and O–H groups in total. The van der Waals surface area contributed by atoms with Gasteiger partial charge in [0.2, 0.25) is 5.95 Å². The van der Waals surface area contributed by atoms with Crippen molar-refractivity contribution in [2.45, 2.75) is 25.8 Å².